The van der Waals surface area contributed by atoms with Gasteiger partial charge in [-0.1, -0.05) is 35.5 Å². The van der Waals surface area contributed by atoms with E-state index in [0.29, 0.717) is 11.3 Å². The van der Waals surface area contributed by atoms with E-state index in [2.05, 4.69) is 10.5 Å². The number of nitrogens with zero attached hydrogens (tertiary/aromatic N) is 1. The molecule has 0 radical (unpaired) electrons. The highest BCUT2D eigenvalue weighted by Crippen LogP contribution is 2.19. The average molecular weight is 334 g/mol. The fraction of sp³-hybridized carbons (Fsp3) is 0.312. The van der Waals surface area contributed by atoms with Crippen LogP contribution in [0.15, 0.2) is 34.9 Å². The van der Waals surface area contributed by atoms with Crippen molar-refractivity contribution in [3.63, 3.8) is 0 Å². The number of amides is 1. The van der Waals surface area contributed by atoms with Gasteiger partial charge in [-0.15, -0.1) is 11.8 Å². The van der Waals surface area contributed by atoms with E-state index in [1.165, 1.54) is 11.8 Å². The molecule has 1 aromatic carbocycles. The highest BCUT2D eigenvalue weighted by Gasteiger charge is 2.21. The highest BCUT2D eigenvalue weighted by molar-refractivity contribution is 7.99. The minimum atomic E-state index is -1.08. The van der Waals surface area contributed by atoms with Gasteiger partial charge in [-0.25, -0.2) is 4.79 Å². The molecule has 7 heteroatoms. The van der Waals surface area contributed by atoms with Crippen molar-refractivity contribution in [2.75, 3.05) is 5.75 Å². The number of hydrogen-bond donors (Lipinski definition) is 2. The van der Waals surface area contributed by atoms with E-state index in [4.69, 9.17) is 4.52 Å². The Morgan fingerprint density at radius 3 is 2.57 bits per heavy atom. The van der Waals surface area contributed by atoms with Gasteiger partial charge in [-0.05, 0) is 19.4 Å². The summed E-state index contributed by atoms with van der Waals surface area (Å²) in [6.07, 6.45) is 0. The van der Waals surface area contributed by atoms with Crippen LogP contribution in [0.1, 0.15) is 28.6 Å². The topological polar surface area (TPSA) is 92.4 Å². The summed E-state index contributed by atoms with van der Waals surface area (Å²) < 4.78 is 5.07. The summed E-state index contributed by atoms with van der Waals surface area (Å²) in [6, 6.07) is 7.59. The van der Waals surface area contributed by atoms with Crippen molar-refractivity contribution in [3.8, 4) is 0 Å². The number of benzene rings is 1. The maximum Gasteiger partial charge on any atom is 0.330 e. The van der Waals surface area contributed by atoms with Crippen LogP contribution in [0.4, 0.5) is 0 Å². The van der Waals surface area contributed by atoms with Crippen molar-refractivity contribution in [3.05, 3.63) is 52.9 Å². The SMILES string of the molecule is Cc1noc(C)c1CSCC(=O)N[C@H](C(=O)O)c1ccccc1. The van der Waals surface area contributed by atoms with Crippen molar-refractivity contribution in [1.29, 1.82) is 0 Å². The third kappa shape index (κ3) is 4.59. The summed E-state index contributed by atoms with van der Waals surface area (Å²) in [5.41, 5.74) is 2.33. The molecule has 122 valence electrons. The first-order chi connectivity index (χ1) is 11.0. The molecule has 0 fully saturated rings. The molecule has 0 spiro atoms. The molecule has 0 aliphatic rings. The first-order valence-electron chi connectivity index (χ1n) is 7.05. The first-order valence-corrected chi connectivity index (χ1v) is 8.21. The van der Waals surface area contributed by atoms with Gasteiger partial charge in [0.2, 0.25) is 5.91 Å². The summed E-state index contributed by atoms with van der Waals surface area (Å²) in [5, 5.41) is 15.7. The third-order valence-electron chi connectivity index (χ3n) is 3.35. The number of carboxylic acids is 1. The van der Waals surface area contributed by atoms with Gasteiger partial charge >= 0.3 is 5.97 Å². The van der Waals surface area contributed by atoms with E-state index in [1.807, 2.05) is 13.8 Å². The molecule has 0 aliphatic heterocycles. The van der Waals surface area contributed by atoms with Crippen LogP contribution in [-0.4, -0.2) is 27.9 Å². The molecule has 1 amide bonds. The van der Waals surface area contributed by atoms with Gasteiger partial charge < -0.3 is 14.9 Å². The van der Waals surface area contributed by atoms with Crippen molar-refractivity contribution >= 4 is 23.6 Å². The predicted molar refractivity (Wildman–Crippen MR) is 87.1 cm³/mol. The van der Waals surface area contributed by atoms with Gasteiger partial charge in [0.1, 0.15) is 5.76 Å². The molecule has 6 nitrogen and oxygen atoms in total. The Kier molecular flexibility index (Phi) is 5.81. The Hall–Kier alpha value is -2.28. The molecule has 0 bridgehead atoms. The lowest BCUT2D eigenvalue weighted by molar-refractivity contribution is -0.141. The van der Waals surface area contributed by atoms with Crippen molar-refractivity contribution in [1.82, 2.24) is 10.5 Å². The Bertz CT molecular complexity index is 665. The van der Waals surface area contributed by atoms with E-state index in [-0.39, 0.29) is 11.7 Å². The second-order valence-corrected chi connectivity index (χ2v) is 6.03. The summed E-state index contributed by atoms with van der Waals surface area (Å²) in [4.78, 5) is 23.3. The largest absolute Gasteiger partial charge is 0.479 e. The van der Waals surface area contributed by atoms with Crippen LogP contribution in [0.5, 0.6) is 0 Å². The zero-order valence-electron chi connectivity index (χ0n) is 12.9. The molecule has 0 unspecified atom stereocenters. The maximum atomic E-state index is 12.0. The van der Waals surface area contributed by atoms with Gasteiger partial charge in [-0.2, -0.15) is 0 Å². The van der Waals surface area contributed by atoms with E-state index in [0.717, 1.165) is 17.0 Å². The van der Waals surface area contributed by atoms with E-state index >= 15 is 0 Å². The zero-order valence-corrected chi connectivity index (χ0v) is 13.7. The van der Waals surface area contributed by atoms with Gasteiger partial charge in [0.15, 0.2) is 6.04 Å². The van der Waals surface area contributed by atoms with Crippen LogP contribution in [0.25, 0.3) is 0 Å². The fourth-order valence-electron chi connectivity index (χ4n) is 2.09. The number of carboxylic acid groups (broad SMARTS) is 1. The van der Waals surface area contributed by atoms with Crippen molar-refractivity contribution in [2.24, 2.45) is 0 Å². The molecular weight excluding hydrogens is 316 g/mol. The molecule has 1 aromatic heterocycles. The first kappa shape index (κ1) is 17.1. The summed E-state index contributed by atoms with van der Waals surface area (Å²) in [7, 11) is 0. The quantitative estimate of drug-likeness (QED) is 0.808. The van der Waals surface area contributed by atoms with Crippen molar-refractivity contribution < 1.29 is 19.2 Å². The number of thioether (sulfide) groups is 1. The standard InChI is InChI=1S/C16H18N2O4S/c1-10-13(11(2)22-18-10)8-23-9-14(19)17-15(16(20)21)12-6-4-3-5-7-12/h3-7,15H,8-9H2,1-2H3,(H,17,19)(H,20,21)/t15-/m0/s1. The van der Waals surface area contributed by atoms with E-state index in [9.17, 15) is 14.7 Å². The average Bonchev–Trinajstić information content (AvgIpc) is 2.85. The number of nitrogens with one attached hydrogen (secondary N) is 1. The number of aliphatic carboxylic acids is 1. The smallest absolute Gasteiger partial charge is 0.330 e. The molecule has 2 aromatic rings. The summed E-state index contributed by atoms with van der Waals surface area (Å²) in [5.74, 6) is 0.0969. The van der Waals surface area contributed by atoms with E-state index in [1.54, 1.807) is 30.3 Å². The summed E-state index contributed by atoms with van der Waals surface area (Å²) >= 11 is 1.39. The second kappa shape index (κ2) is 7.82. The van der Waals surface area contributed by atoms with Crippen LogP contribution >= 0.6 is 11.8 Å². The Labute approximate surface area is 138 Å². The lowest BCUT2D eigenvalue weighted by Crippen LogP contribution is -2.34. The minimum absolute atomic E-state index is 0.167. The van der Waals surface area contributed by atoms with Gasteiger partial charge in [0.05, 0.1) is 11.4 Å². The highest BCUT2D eigenvalue weighted by atomic mass is 32.2. The monoisotopic (exact) mass is 334 g/mol. The molecule has 2 N–H and O–H groups in total. The molecule has 1 heterocycles. The number of carbonyl (C=O) groups excluding carboxylic acids is 1. The lowest BCUT2D eigenvalue weighted by atomic mass is 10.1. The number of carbonyl (C=O) groups is 2. The number of aromatic nitrogens is 1. The van der Waals surface area contributed by atoms with Gasteiger partial charge in [-0.3, -0.25) is 4.79 Å². The molecular formula is C16H18N2O4S. The molecule has 1 atom stereocenters. The number of rotatable bonds is 7. The Balaban J connectivity index is 1.89. The number of hydrogen-bond acceptors (Lipinski definition) is 5. The predicted octanol–water partition coefficient (Wildman–Crippen LogP) is 2.47. The van der Waals surface area contributed by atoms with Crippen molar-refractivity contribution in [2.45, 2.75) is 25.6 Å². The maximum absolute atomic E-state index is 12.0. The molecule has 0 aliphatic carbocycles. The number of aryl methyl sites for hydroxylation is 2. The second-order valence-electron chi connectivity index (χ2n) is 5.04. The van der Waals surface area contributed by atoms with Gasteiger partial charge in [0, 0.05) is 11.3 Å². The fourth-order valence-corrected chi connectivity index (χ4v) is 3.08. The van der Waals surface area contributed by atoms with Crippen LogP contribution in [0, 0.1) is 13.8 Å². The normalized spacial score (nSPS) is 11.9. The van der Waals surface area contributed by atoms with Crippen LogP contribution in [-0.2, 0) is 15.3 Å². The molecule has 2 rings (SSSR count). The van der Waals surface area contributed by atoms with E-state index < -0.39 is 12.0 Å². The summed E-state index contributed by atoms with van der Waals surface area (Å²) in [6.45, 7) is 3.67. The minimum Gasteiger partial charge on any atom is -0.479 e. The third-order valence-corrected chi connectivity index (χ3v) is 4.31. The Morgan fingerprint density at radius 2 is 2.00 bits per heavy atom. The molecule has 0 saturated carbocycles. The zero-order chi connectivity index (χ0) is 16.8. The van der Waals surface area contributed by atoms with Gasteiger partial charge in [0.25, 0.3) is 0 Å². The van der Waals surface area contributed by atoms with Crippen LogP contribution in [0.3, 0.4) is 0 Å². The Morgan fingerprint density at radius 1 is 1.30 bits per heavy atom. The lowest BCUT2D eigenvalue weighted by Gasteiger charge is -2.14. The molecule has 0 saturated heterocycles. The van der Waals surface area contributed by atoms with Crippen LogP contribution in [0.2, 0.25) is 0 Å². The van der Waals surface area contributed by atoms with Crippen LogP contribution < -0.4 is 5.32 Å². The molecule has 23 heavy (non-hydrogen) atoms.